The van der Waals surface area contributed by atoms with Gasteiger partial charge in [-0.3, -0.25) is 4.98 Å². The Labute approximate surface area is 134 Å². The summed E-state index contributed by atoms with van der Waals surface area (Å²) in [6.45, 7) is 0. The lowest BCUT2D eigenvalue weighted by Crippen LogP contribution is -2.34. The van der Waals surface area contributed by atoms with E-state index < -0.39 is 0 Å². The molecule has 3 heterocycles. The maximum atomic E-state index is 5.56. The van der Waals surface area contributed by atoms with E-state index in [1.165, 1.54) is 31.3 Å². The van der Waals surface area contributed by atoms with E-state index in [9.17, 15) is 0 Å². The lowest BCUT2D eigenvalue weighted by Gasteiger charge is -2.29. The monoisotopic (exact) mass is 304 g/mol. The van der Waals surface area contributed by atoms with Crippen molar-refractivity contribution in [2.45, 2.75) is 31.7 Å². The Hall–Kier alpha value is -2.87. The minimum atomic E-state index is 0.310. The molecule has 0 spiro atoms. The summed E-state index contributed by atoms with van der Waals surface area (Å²) in [5, 5.41) is 11.5. The van der Waals surface area contributed by atoms with Crippen LogP contribution in [0.3, 0.4) is 0 Å². The standard InChI is InChI=1S/C18H16N4O/c1-2-6-16-13(4-1)7-8-15(20-16)9-10-17-21-22-18(23-17)14-5-3-11-19-12-14/h3,5,7-8,11-12,16,20H,1-2,4,6H2. The normalized spacial score (nSPS) is 19.6. The third-order valence-electron chi connectivity index (χ3n) is 4.09. The van der Waals surface area contributed by atoms with E-state index >= 15 is 0 Å². The van der Waals surface area contributed by atoms with Crippen molar-refractivity contribution >= 4 is 0 Å². The molecule has 0 saturated heterocycles. The molecule has 1 aliphatic carbocycles. The second kappa shape index (κ2) is 6.09. The largest absolute Gasteiger partial charge is 0.410 e. The van der Waals surface area contributed by atoms with Gasteiger partial charge in [-0.1, -0.05) is 17.6 Å². The zero-order valence-electron chi connectivity index (χ0n) is 12.6. The molecule has 5 nitrogen and oxygen atoms in total. The molecule has 4 rings (SSSR count). The van der Waals surface area contributed by atoms with Gasteiger partial charge in [-0.2, -0.15) is 0 Å². The van der Waals surface area contributed by atoms with Gasteiger partial charge in [0.25, 0.3) is 5.89 Å². The van der Waals surface area contributed by atoms with Gasteiger partial charge < -0.3 is 9.73 Å². The molecule has 0 amide bonds. The highest BCUT2D eigenvalue weighted by Crippen LogP contribution is 2.26. The summed E-state index contributed by atoms with van der Waals surface area (Å²) in [6.07, 6.45) is 12.5. The molecule has 1 aliphatic heterocycles. The smallest absolute Gasteiger partial charge is 0.294 e. The van der Waals surface area contributed by atoms with E-state index in [4.69, 9.17) is 4.42 Å². The summed E-state index contributed by atoms with van der Waals surface area (Å²) in [5.41, 5.74) is 3.18. The van der Waals surface area contributed by atoms with Gasteiger partial charge in [0.15, 0.2) is 0 Å². The Morgan fingerprint density at radius 3 is 3.09 bits per heavy atom. The average molecular weight is 304 g/mol. The summed E-state index contributed by atoms with van der Waals surface area (Å²) in [6, 6.07) is 4.14. The van der Waals surface area contributed by atoms with Crippen molar-refractivity contribution in [1.82, 2.24) is 20.5 Å². The van der Waals surface area contributed by atoms with Gasteiger partial charge >= 0.3 is 0 Å². The van der Waals surface area contributed by atoms with Crippen LogP contribution >= 0.6 is 0 Å². The van der Waals surface area contributed by atoms with E-state index in [1.54, 1.807) is 12.4 Å². The van der Waals surface area contributed by atoms with E-state index in [-0.39, 0.29) is 0 Å². The van der Waals surface area contributed by atoms with Gasteiger partial charge in [0.05, 0.1) is 11.3 Å². The second-order valence-electron chi connectivity index (χ2n) is 5.67. The van der Waals surface area contributed by atoms with Crippen molar-refractivity contribution in [2.75, 3.05) is 0 Å². The minimum absolute atomic E-state index is 0.310. The predicted octanol–water partition coefficient (Wildman–Crippen LogP) is 2.84. The number of hydrogen-bond acceptors (Lipinski definition) is 5. The molecular weight excluding hydrogens is 288 g/mol. The highest BCUT2D eigenvalue weighted by atomic mass is 16.4. The lowest BCUT2D eigenvalue weighted by molar-refractivity contribution is 0.484. The summed E-state index contributed by atoms with van der Waals surface area (Å²) in [4.78, 5) is 4.04. The quantitative estimate of drug-likeness (QED) is 0.821. The molecule has 0 radical (unpaired) electrons. The molecule has 1 fully saturated rings. The van der Waals surface area contributed by atoms with Gasteiger partial charge in [-0.05, 0) is 49.0 Å². The van der Waals surface area contributed by atoms with Gasteiger partial charge in [-0.15, -0.1) is 5.10 Å². The Morgan fingerprint density at radius 1 is 1.17 bits per heavy atom. The summed E-state index contributed by atoms with van der Waals surface area (Å²) in [7, 11) is 0. The topological polar surface area (TPSA) is 63.8 Å². The summed E-state index contributed by atoms with van der Waals surface area (Å²) < 4.78 is 5.56. The van der Waals surface area contributed by atoms with Crippen molar-refractivity contribution in [3.63, 3.8) is 0 Å². The molecule has 2 aromatic heterocycles. The van der Waals surface area contributed by atoms with Crippen LogP contribution in [0.5, 0.6) is 0 Å². The van der Waals surface area contributed by atoms with Crippen LogP contribution in [0.2, 0.25) is 0 Å². The van der Waals surface area contributed by atoms with Gasteiger partial charge in [0.1, 0.15) is 0 Å². The maximum absolute atomic E-state index is 5.56. The van der Waals surface area contributed by atoms with Crippen LogP contribution in [0, 0.1) is 11.8 Å². The fourth-order valence-corrected chi connectivity index (χ4v) is 2.91. The summed E-state index contributed by atoms with van der Waals surface area (Å²) >= 11 is 0. The molecule has 0 aromatic carbocycles. The Kier molecular flexibility index (Phi) is 3.65. The van der Waals surface area contributed by atoms with Crippen LogP contribution < -0.4 is 5.32 Å². The molecule has 1 N–H and O–H groups in total. The van der Waals surface area contributed by atoms with Crippen LogP contribution in [0.1, 0.15) is 31.6 Å². The molecule has 1 saturated carbocycles. The fraction of sp³-hybridized carbons (Fsp3) is 0.278. The first-order chi connectivity index (χ1) is 11.4. The van der Waals surface area contributed by atoms with E-state index in [2.05, 4.69) is 38.4 Å². The van der Waals surface area contributed by atoms with Crippen LogP contribution in [0.25, 0.3) is 11.5 Å². The van der Waals surface area contributed by atoms with Crippen LogP contribution in [0.15, 0.2) is 52.4 Å². The zero-order valence-corrected chi connectivity index (χ0v) is 12.6. The van der Waals surface area contributed by atoms with Crippen LogP contribution in [-0.2, 0) is 0 Å². The van der Waals surface area contributed by atoms with Crippen molar-refractivity contribution in [3.05, 3.63) is 53.8 Å². The first-order valence-electron chi connectivity index (χ1n) is 7.82. The number of aromatic nitrogens is 3. The highest BCUT2D eigenvalue weighted by molar-refractivity contribution is 5.50. The Bertz CT molecular complexity index is 823. The first-order valence-corrected chi connectivity index (χ1v) is 7.82. The second-order valence-corrected chi connectivity index (χ2v) is 5.67. The van der Waals surface area contributed by atoms with E-state index in [1.807, 2.05) is 18.2 Å². The molecule has 0 bridgehead atoms. The molecule has 1 unspecified atom stereocenters. The van der Waals surface area contributed by atoms with Gasteiger partial charge in [-0.25, -0.2) is 0 Å². The molecule has 114 valence electrons. The number of dihydropyridines is 1. The number of fused-ring (bicyclic) bond motifs is 1. The molecule has 5 heteroatoms. The number of nitrogens with zero attached hydrogens (tertiary/aromatic N) is 3. The molecule has 2 aliphatic rings. The van der Waals surface area contributed by atoms with Crippen molar-refractivity contribution in [2.24, 2.45) is 0 Å². The van der Waals surface area contributed by atoms with Crippen molar-refractivity contribution in [3.8, 4) is 23.3 Å². The van der Waals surface area contributed by atoms with Gasteiger partial charge in [0, 0.05) is 24.4 Å². The summed E-state index contributed by atoms with van der Waals surface area (Å²) in [5.74, 6) is 6.75. The van der Waals surface area contributed by atoms with Crippen LogP contribution in [-0.4, -0.2) is 21.2 Å². The SMILES string of the molecule is C(#Cc1nnc(-c2cccnc2)o1)C1=CC=C2CCCCC2N1. The third-order valence-corrected chi connectivity index (χ3v) is 4.09. The van der Waals surface area contributed by atoms with Crippen molar-refractivity contribution < 1.29 is 4.42 Å². The first kappa shape index (κ1) is 13.8. The molecule has 23 heavy (non-hydrogen) atoms. The average Bonchev–Trinajstić information content (AvgIpc) is 3.10. The number of nitrogens with one attached hydrogen (secondary N) is 1. The number of hydrogen-bond donors (Lipinski definition) is 1. The van der Waals surface area contributed by atoms with E-state index in [0.29, 0.717) is 17.8 Å². The lowest BCUT2D eigenvalue weighted by atomic mass is 9.88. The fourth-order valence-electron chi connectivity index (χ4n) is 2.91. The van der Waals surface area contributed by atoms with Gasteiger partial charge in [0.2, 0.25) is 5.89 Å². The molecular formula is C18H16N4O. The predicted molar refractivity (Wildman–Crippen MR) is 86.0 cm³/mol. The highest BCUT2D eigenvalue weighted by Gasteiger charge is 2.20. The molecule has 2 aromatic rings. The Balaban J connectivity index is 1.51. The van der Waals surface area contributed by atoms with E-state index in [0.717, 1.165) is 11.3 Å². The molecule has 1 atom stereocenters. The van der Waals surface area contributed by atoms with Crippen molar-refractivity contribution in [1.29, 1.82) is 0 Å². The minimum Gasteiger partial charge on any atom is -0.410 e. The maximum Gasteiger partial charge on any atom is 0.294 e. The van der Waals surface area contributed by atoms with Crippen LogP contribution in [0.4, 0.5) is 0 Å². The number of pyridine rings is 1. The third kappa shape index (κ3) is 3.02. The number of rotatable bonds is 1. The number of allylic oxidation sites excluding steroid dienone is 3. The Morgan fingerprint density at radius 2 is 2.17 bits per heavy atom. The zero-order chi connectivity index (χ0) is 15.5.